The van der Waals surface area contributed by atoms with Crippen molar-refractivity contribution in [2.24, 2.45) is 0 Å². The molecule has 0 bridgehead atoms. The van der Waals surface area contributed by atoms with Crippen LogP contribution >= 0.6 is 0 Å². The fourth-order valence-electron chi connectivity index (χ4n) is 1.54. The molecule has 0 aliphatic heterocycles. The molecule has 0 saturated carbocycles. The molecule has 0 radical (unpaired) electrons. The topological polar surface area (TPSA) is 91.3 Å². The molecular weight excluding hydrogens is 256 g/mol. The van der Waals surface area contributed by atoms with Gasteiger partial charge in [-0.3, -0.25) is 0 Å². The largest absolute Gasteiger partial charge is 0.506 e. The average molecular weight is 270 g/mol. The quantitative estimate of drug-likeness (QED) is 0.815. The molecule has 104 valence electrons. The fraction of sp³-hybridized carbons (Fsp3) is 0.333. The Morgan fingerprint density at radius 3 is 1.53 bits per heavy atom. The monoisotopic (exact) mass is 270 g/mol. The van der Waals surface area contributed by atoms with Crippen molar-refractivity contribution in [2.75, 3.05) is 28.4 Å². The second-order valence-electron chi connectivity index (χ2n) is 3.36. The van der Waals surface area contributed by atoms with E-state index in [4.69, 9.17) is 9.47 Å². The zero-order valence-corrected chi connectivity index (χ0v) is 11.0. The lowest BCUT2D eigenvalue weighted by atomic mass is 10.1. The minimum absolute atomic E-state index is 0.0221. The number of phenolic OH excluding ortho intramolecular Hbond substituents is 1. The Hall–Kier alpha value is -2.44. The summed E-state index contributed by atoms with van der Waals surface area (Å²) in [5.41, 5.74) is -0.544. The first kappa shape index (κ1) is 14.6. The van der Waals surface area contributed by atoms with Crippen molar-refractivity contribution >= 4 is 11.9 Å². The second kappa shape index (κ2) is 5.94. The zero-order chi connectivity index (χ0) is 14.6. The van der Waals surface area contributed by atoms with Gasteiger partial charge in [0.15, 0.2) is 5.75 Å². The van der Waals surface area contributed by atoms with Gasteiger partial charge in [-0.05, 0) is 0 Å². The number of benzene rings is 1. The van der Waals surface area contributed by atoms with Gasteiger partial charge in [-0.1, -0.05) is 0 Å². The predicted molar refractivity (Wildman–Crippen MR) is 63.9 cm³/mol. The van der Waals surface area contributed by atoms with Crippen LogP contribution in [0, 0.1) is 0 Å². The van der Waals surface area contributed by atoms with Gasteiger partial charge in [-0.15, -0.1) is 0 Å². The van der Waals surface area contributed by atoms with Crippen molar-refractivity contribution in [3.8, 4) is 17.2 Å². The molecule has 0 heterocycles. The number of methoxy groups -OCH3 is 4. The molecule has 1 rings (SSSR count). The lowest BCUT2D eigenvalue weighted by molar-refractivity contribution is 0.0587. The second-order valence-corrected chi connectivity index (χ2v) is 3.36. The van der Waals surface area contributed by atoms with E-state index >= 15 is 0 Å². The minimum atomic E-state index is -0.845. The number of ether oxygens (including phenoxy) is 4. The summed E-state index contributed by atoms with van der Waals surface area (Å²) in [5, 5.41) is 10.1. The standard InChI is InChI=1S/C12H14O7/c1-16-6-5-7(17-2)9(12(15)19-4)10(13)8(6)11(14)18-3/h5,13H,1-4H3. The molecule has 0 aromatic heterocycles. The summed E-state index contributed by atoms with van der Waals surface area (Å²) in [6.07, 6.45) is 0. The maximum atomic E-state index is 11.6. The molecule has 0 unspecified atom stereocenters. The zero-order valence-electron chi connectivity index (χ0n) is 11.0. The molecule has 0 spiro atoms. The number of hydrogen-bond donors (Lipinski definition) is 1. The maximum Gasteiger partial charge on any atom is 0.345 e. The number of aromatic hydroxyl groups is 1. The predicted octanol–water partition coefficient (Wildman–Crippen LogP) is 0.983. The van der Waals surface area contributed by atoms with E-state index in [0.29, 0.717) is 0 Å². The van der Waals surface area contributed by atoms with Gasteiger partial charge in [0.25, 0.3) is 0 Å². The van der Waals surface area contributed by atoms with Gasteiger partial charge in [-0.2, -0.15) is 0 Å². The third-order valence-corrected chi connectivity index (χ3v) is 2.45. The molecule has 1 aromatic carbocycles. The van der Waals surface area contributed by atoms with E-state index in [9.17, 15) is 14.7 Å². The number of esters is 2. The van der Waals surface area contributed by atoms with Gasteiger partial charge in [0.2, 0.25) is 0 Å². The summed E-state index contributed by atoms with van der Waals surface area (Å²) in [5.74, 6) is -2.26. The van der Waals surface area contributed by atoms with Gasteiger partial charge < -0.3 is 24.1 Å². The molecule has 1 aromatic rings. The van der Waals surface area contributed by atoms with Crippen molar-refractivity contribution in [3.63, 3.8) is 0 Å². The Morgan fingerprint density at radius 2 is 1.26 bits per heavy atom. The van der Waals surface area contributed by atoms with Gasteiger partial charge in [-0.25, -0.2) is 9.59 Å². The van der Waals surface area contributed by atoms with Crippen LogP contribution in [0.2, 0.25) is 0 Å². The highest BCUT2D eigenvalue weighted by molar-refractivity contribution is 6.04. The van der Waals surface area contributed by atoms with E-state index in [-0.39, 0.29) is 22.6 Å². The first-order chi connectivity index (χ1) is 9.01. The summed E-state index contributed by atoms with van der Waals surface area (Å²) in [7, 11) is 4.89. The molecular formula is C12H14O7. The van der Waals surface area contributed by atoms with E-state index < -0.39 is 17.7 Å². The third-order valence-electron chi connectivity index (χ3n) is 2.45. The highest BCUT2D eigenvalue weighted by atomic mass is 16.5. The number of rotatable bonds is 4. The van der Waals surface area contributed by atoms with Crippen LogP contribution in [0.4, 0.5) is 0 Å². The smallest absolute Gasteiger partial charge is 0.345 e. The van der Waals surface area contributed by atoms with Crippen LogP contribution < -0.4 is 9.47 Å². The number of phenols is 1. The van der Waals surface area contributed by atoms with E-state index in [1.165, 1.54) is 20.3 Å². The van der Waals surface area contributed by atoms with Crippen LogP contribution in [0.3, 0.4) is 0 Å². The van der Waals surface area contributed by atoms with Gasteiger partial charge in [0, 0.05) is 6.07 Å². The Labute approximate surface area is 109 Å². The van der Waals surface area contributed by atoms with Crippen molar-refractivity contribution in [2.45, 2.75) is 0 Å². The van der Waals surface area contributed by atoms with Crippen LogP contribution in [0.5, 0.6) is 17.2 Å². The SMILES string of the molecule is COC(=O)c1c(OC)cc(OC)c(C(=O)OC)c1O. The highest BCUT2D eigenvalue weighted by Gasteiger charge is 2.28. The van der Waals surface area contributed by atoms with E-state index in [2.05, 4.69) is 9.47 Å². The van der Waals surface area contributed by atoms with Crippen molar-refractivity contribution in [1.82, 2.24) is 0 Å². The Morgan fingerprint density at radius 1 is 0.895 bits per heavy atom. The molecule has 19 heavy (non-hydrogen) atoms. The van der Waals surface area contributed by atoms with Gasteiger partial charge >= 0.3 is 11.9 Å². The molecule has 0 atom stereocenters. The summed E-state index contributed by atoms with van der Waals surface area (Å²) in [4.78, 5) is 23.2. The fourth-order valence-corrected chi connectivity index (χ4v) is 1.54. The summed E-state index contributed by atoms with van der Waals surface area (Å²) in [6, 6.07) is 1.29. The van der Waals surface area contributed by atoms with Crippen molar-refractivity contribution < 1.29 is 33.6 Å². The van der Waals surface area contributed by atoms with Crippen LogP contribution in [0.1, 0.15) is 20.7 Å². The minimum Gasteiger partial charge on any atom is -0.506 e. The molecule has 0 saturated heterocycles. The van der Waals surface area contributed by atoms with Crippen LogP contribution in [0.25, 0.3) is 0 Å². The average Bonchev–Trinajstić information content (AvgIpc) is 2.44. The van der Waals surface area contributed by atoms with E-state index in [1.54, 1.807) is 0 Å². The normalized spacial score (nSPS) is 9.68. The Kier molecular flexibility index (Phi) is 4.57. The Bertz CT molecular complexity index is 465. The van der Waals surface area contributed by atoms with Crippen LogP contribution in [-0.2, 0) is 9.47 Å². The summed E-state index contributed by atoms with van der Waals surface area (Å²) < 4.78 is 19.0. The Balaban J connectivity index is 3.64. The number of carbonyl (C=O) groups excluding carboxylic acids is 2. The summed E-state index contributed by atoms with van der Waals surface area (Å²) in [6.45, 7) is 0. The molecule has 0 aliphatic carbocycles. The third kappa shape index (κ3) is 2.54. The first-order valence-corrected chi connectivity index (χ1v) is 5.16. The lowest BCUT2D eigenvalue weighted by Gasteiger charge is -2.14. The van der Waals surface area contributed by atoms with E-state index in [1.807, 2.05) is 0 Å². The lowest BCUT2D eigenvalue weighted by Crippen LogP contribution is -2.11. The highest BCUT2D eigenvalue weighted by Crippen LogP contribution is 2.39. The molecule has 0 aliphatic rings. The molecule has 7 nitrogen and oxygen atoms in total. The van der Waals surface area contributed by atoms with Crippen molar-refractivity contribution in [1.29, 1.82) is 0 Å². The van der Waals surface area contributed by atoms with Crippen molar-refractivity contribution in [3.05, 3.63) is 17.2 Å². The molecule has 0 amide bonds. The van der Waals surface area contributed by atoms with Gasteiger partial charge in [0.05, 0.1) is 28.4 Å². The number of hydrogen-bond acceptors (Lipinski definition) is 7. The first-order valence-electron chi connectivity index (χ1n) is 5.16. The van der Waals surface area contributed by atoms with Gasteiger partial charge in [0.1, 0.15) is 22.6 Å². The molecule has 7 heteroatoms. The maximum absolute atomic E-state index is 11.6. The number of carbonyl (C=O) groups is 2. The van der Waals surface area contributed by atoms with E-state index in [0.717, 1.165) is 14.2 Å². The van der Waals surface area contributed by atoms with Crippen LogP contribution in [0.15, 0.2) is 6.07 Å². The molecule has 0 fully saturated rings. The van der Waals surface area contributed by atoms with Crippen LogP contribution in [-0.4, -0.2) is 45.5 Å². The molecule has 1 N–H and O–H groups in total. The summed E-state index contributed by atoms with van der Waals surface area (Å²) >= 11 is 0.